The maximum atomic E-state index is 12.5. The number of hydrogen-bond acceptors (Lipinski definition) is 5. The summed E-state index contributed by atoms with van der Waals surface area (Å²) in [5, 5.41) is 19.6. The molecule has 6 nitrogen and oxygen atoms in total. The van der Waals surface area contributed by atoms with Crippen LogP contribution in [0.25, 0.3) is 11.0 Å². The largest absolute Gasteiger partial charge is 0.395 e. The number of anilines is 1. The average Bonchev–Trinajstić information content (AvgIpc) is 2.97. The number of pyridine rings is 1. The van der Waals surface area contributed by atoms with E-state index in [0.29, 0.717) is 36.0 Å². The monoisotopic (exact) mass is 302 g/mol. The van der Waals surface area contributed by atoms with E-state index in [4.69, 9.17) is 5.11 Å². The van der Waals surface area contributed by atoms with Crippen LogP contribution in [0.3, 0.4) is 0 Å². The Bertz CT molecular complexity index is 647. The lowest BCUT2D eigenvalue weighted by Crippen LogP contribution is -2.12. The molecule has 3 N–H and O–H groups in total. The van der Waals surface area contributed by atoms with Gasteiger partial charge in [0, 0.05) is 18.4 Å². The summed E-state index contributed by atoms with van der Waals surface area (Å²) < 4.78 is 0. The van der Waals surface area contributed by atoms with E-state index in [2.05, 4.69) is 20.5 Å². The highest BCUT2D eigenvalue weighted by atomic mass is 16.3. The van der Waals surface area contributed by atoms with Crippen LogP contribution in [-0.4, -0.2) is 39.2 Å². The van der Waals surface area contributed by atoms with Gasteiger partial charge in [0.05, 0.1) is 6.61 Å². The van der Waals surface area contributed by atoms with Crippen molar-refractivity contribution in [1.82, 2.24) is 15.2 Å². The van der Waals surface area contributed by atoms with Crippen LogP contribution in [0.1, 0.15) is 49.0 Å². The number of carbonyl (C=O) groups is 1. The molecule has 0 unspecified atom stereocenters. The van der Waals surface area contributed by atoms with Crippen LogP contribution < -0.4 is 5.32 Å². The summed E-state index contributed by atoms with van der Waals surface area (Å²) in [7, 11) is 0. The Morgan fingerprint density at radius 1 is 1.32 bits per heavy atom. The molecule has 6 heteroatoms. The molecule has 3 rings (SSSR count). The van der Waals surface area contributed by atoms with Gasteiger partial charge in [-0.3, -0.25) is 9.89 Å². The first-order valence-electron chi connectivity index (χ1n) is 8.01. The molecule has 118 valence electrons. The minimum absolute atomic E-state index is 0.0470. The van der Waals surface area contributed by atoms with Gasteiger partial charge in [0.15, 0.2) is 11.4 Å². The van der Waals surface area contributed by atoms with E-state index in [0.717, 1.165) is 18.2 Å². The van der Waals surface area contributed by atoms with Crippen LogP contribution >= 0.6 is 0 Å². The number of aromatic nitrogens is 3. The summed E-state index contributed by atoms with van der Waals surface area (Å²) >= 11 is 0. The molecule has 0 aliphatic heterocycles. The number of Topliss-reactive ketones (excluding diaryl/α,β-unsaturated/α-hetero) is 1. The van der Waals surface area contributed by atoms with Crippen LogP contribution in [-0.2, 0) is 0 Å². The highest BCUT2D eigenvalue weighted by molar-refractivity contribution is 6.05. The lowest BCUT2D eigenvalue weighted by Gasteiger charge is -2.20. The zero-order valence-corrected chi connectivity index (χ0v) is 12.6. The van der Waals surface area contributed by atoms with Gasteiger partial charge in [-0.1, -0.05) is 32.1 Å². The van der Waals surface area contributed by atoms with E-state index in [1.54, 1.807) is 0 Å². The summed E-state index contributed by atoms with van der Waals surface area (Å²) in [6.07, 6.45) is 6.69. The Balaban J connectivity index is 1.74. The lowest BCUT2D eigenvalue weighted by atomic mass is 9.85. The molecule has 1 fully saturated rings. The minimum atomic E-state index is 0.0470. The number of aromatic amines is 1. The van der Waals surface area contributed by atoms with E-state index in [1.807, 2.05) is 12.1 Å². The molecule has 0 spiro atoms. The maximum absolute atomic E-state index is 12.5. The molecule has 0 aromatic carbocycles. The van der Waals surface area contributed by atoms with Gasteiger partial charge in [0.2, 0.25) is 0 Å². The molecule has 0 radical (unpaired) electrons. The quantitative estimate of drug-likeness (QED) is 0.713. The second kappa shape index (κ2) is 6.87. The number of nitrogens with zero attached hydrogens (tertiary/aromatic N) is 2. The first-order valence-corrected chi connectivity index (χ1v) is 8.01. The fourth-order valence-electron chi connectivity index (χ4n) is 3.15. The molecule has 1 aliphatic rings. The Kier molecular flexibility index (Phi) is 4.68. The first kappa shape index (κ1) is 15.0. The lowest BCUT2D eigenvalue weighted by molar-refractivity contribution is 0.0947. The fraction of sp³-hybridized carbons (Fsp3) is 0.562. The van der Waals surface area contributed by atoms with Gasteiger partial charge in [-0.2, -0.15) is 5.10 Å². The van der Waals surface area contributed by atoms with Crippen molar-refractivity contribution < 1.29 is 9.90 Å². The molecule has 2 heterocycles. The van der Waals surface area contributed by atoms with Crippen molar-refractivity contribution in [3.05, 3.63) is 17.8 Å². The highest BCUT2D eigenvalue weighted by Crippen LogP contribution is 2.28. The Hall–Kier alpha value is -1.95. The number of H-pyrrole nitrogens is 1. The molecule has 1 saturated carbocycles. The van der Waals surface area contributed by atoms with Gasteiger partial charge in [-0.15, -0.1) is 0 Å². The SMILES string of the molecule is O=C(CC1CCCCC1)c1[nH]nc2nc(NCCO)ccc12. The topological polar surface area (TPSA) is 90.9 Å². The summed E-state index contributed by atoms with van der Waals surface area (Å²) in [6, 6.07) is 3.67. The van der Waals surface area contributed by atoms with Crippen LogP contribution in [0, 0.1) is 5.92 Å². The van der Waals surface area contributed by atoms with Crippen molar-refractivity contribution in [3.63, 3.8) is 0 Å². The van der Waals surface area contributed by atoms with E-state index >= 15 is 0 Å². The number of nitrogens with one attached hydrogen (secondary N) is 2. The van der Waals surface area contributed by atoms with Crippen molar-refractivity contribution >= 4 is 22.6 Å². The molecule has 0 saturated heterocycles. The number of ketones is 1. The third-order valence-electron chi connectivity index (χ3n) is 4.31. The van der Waals surface area contributed by atoms with Crippen molar-refractivity contribution in [2.45, 2.75) is 38.5 Å². The van der Waals surface area contributed by atoms with Gasteiger partial charge in [-0.05, 0) is 18.1 Å². The van der Waals surface area contributed by atoms with E-state index < -0.39 is 0 Å². The molecular weight excluding hydrogens is 280 g/mol. The van der Waals surface area contributed by atoms with Crippen molar-refractivity contribution in [2.24, 2.45) is 5.92 Å². The highest BCUT2D eigenvalue weighted by Gasteiger charge is 2.21. The molecule has 1 aliphatic carbocycles. The Labute approximate surface area is 129 Å². The number of aliphatic hydroxyl groups is 1. The first-order chi connectivity index (χ1) is 10.8. The predicted octanol–water partition coefficient (Wildman–Crippen LogP) is 2.52. The third-order valence-corrected chi connectivity index (χ3v) is 4.31. The molecule has 2 aromatic rings. The zero-order chi connectivity index (χ0) is 15.4. The zero-order valence-electron chi connectivity index (χ0n) is 12.6. The van der Waals surface area contributed by atoms with Crippen LogP contribution in [0.5, 0.6) is 0 Å². The molecule has 22 heavy (non-hydrogen) atoms. The van der Waals surface area contributed by atoms with Gasteiger partial charge in [0.25, 0.3) is 0 Å². The normalized spacial score (nSPS) is 16.0. The Morgan fingerprint density at radius 2 is 2.14 bits per heavy atom. The van der Waals surface area contributed by atoms with Crippen molar-refractivity contribution in [1.29, 1.82) is 0 Å². The van der Waals surface area contributed by atoms with Crippen molar-refractivity contribution in [2.75, 3.05) is 18.5 Å². The smallest absolute Gasteiger partial charge is 0.183 e. The molecule has 0 atom stereocenters. The van der Waals surface area contributed by atoms with E-state index in [1.165, 1.54) is 19.3 Å². The number of rotatable bonds is 6. The predicted molar refractivity (Wildman–Crippen MR) is 85.0 cm³/mol. The van der Waals surface area contributed by atoms with Gasteiger partial charge in [-0.25, -0.2) is 4.98 Å². The minimum Gasteiger partial charge on any atom is -0.395 e. The van der Waals surface area contributed by atoms with Crippen LogP contribution in [0.15, 0.2) is 12.1 Å². The molecule has 0 bridgehead atoms. The van der Waals surface area contributed by atoms with Gasteiger partial charge in [0.1, 0.15) is 11.5 Å². The average molecular weight is 302 g/mol. The Morgan fingerprint density at radius 3 is 2.91 bits per heavy atom. The molecule has 0 amide bonds. The summed E-state index contributed by atoms with van der Waals surface area (Å²) in [6.45, 7) is 0.488. The summed E-state index contributed by atoms with van der Waals surface area (Å²) in [4.78, 5) is 16.8. The van der Waals surface area contributed by atoms with Crippen LogP contribution in [0.2, 0.25) is 0 Å². The van der Waals surface area contributed by atoms with Gasteiger partial charge >= 0.3 is 0 Å². The second-order valence-electron chi connectivity index (χ2n) is 5.95. The molecule has 2 aromatic heterocycles. The van der Waals surface area contributed by atoms with E-state index in [-0.39, 0.29) is 12.4 Å². The fourth-order valence-corrected chi connectivity index (χ4v) is 3.15. The number of fused-ring (bicyclic) bond motifs is 1. The second-order valence-corrected chi connectivity index (χ2v) is 5.95. The molecular formula is C16H22N4O2. The number of aliphatic hydroxyl groups excluding tert-OH is 1. The standard InChI is InChI=1S/C16H22N4O2/c21-9-8-17-14-7-6-12-15(19-20-16(12)18-14)13(22)10-11-4-2-1-3-5-11/h6-7,11,21H,1-5,8-10H2,(H2,17,18,19,20). The van der Waals surface area contributed by atoms with Crippen molar-refractivity contribution in [3.8, 4) is 0 Å². The maximum Gasteiger partial charge on any atom is 0.183 e. The number of carbonyl (C=O) groups excluding carboxylic acids is 1. The number of hydrogen-bond donors (Lipinski definition) is 3. The van der Waals surface area contributed by atoms with E-state index in [9.17, 15) is 4.79 Å². The third kappa shape index (κ3) is 3.27. The summed E-state index contributed by atoms with van der Waals surface area (Å²) in [5.74, 6) is 1.30. The summed E-state index contributed by atoms with van der Waals surface area (Å²) in [5.41, 5.74) is 1.11. The van der Waals surface area contributed by atoms with Crippen LogP contribution in [0.4, 0.5) is 5.82 Å². The van der Waals surface area contributed by atoms with Gasteiger partial charge < -0.3 is 10.4 Å².